The Balaban J connectivity index is 2.27. The number of hydrogen-bond acceptors (Lipinski definition) is 3. The number of rotatable bonds is 3. The van der Waals surface area contributed by atoms with Gasteiger partial charge in [-0.15, -0.1) is 0 Å². The molecule has 5 nitrogen and oxygen atoms in total. The van der Waals surface area contributed by atoms with Crippen LogP contribution in [0.15, 0.2) is 28.7 Å². The van der Waals surface area contributed by atoms with Gasteiger partial charge in [-0.1, -0.05) is 32.4 Å². The Morgan fingerprint density at radius 1 is 1.24 bits per heavy atom. The minimum atomic E-state index is -1.07. The van der Waals surface area contributed by atoms with Gasteiger partial charge in [0, 0.05) is 5.39 Å². The quantitative estimate of drug-likeness (QED) is 0.910. The maximum Gasteiger partial charge on any atom is 0.326 e. The molecule has 1 aromatic heterocycles. The molecular weight excluding hydrogens is 270 g/mol. The van der Waals surface area contributed by atoms with Crippen molar-refractivity contribution in [1.82, 2.24) is 5.32 Å². The number of amides is 1. The number of carbonyl (C=O) groups excluding carboxylic acids is 1. The molecule has 2 aromatic rings. The van der Waals surface area contributed by atoms with Crippen LogP contribution in [-0.2, 0) is 4.79 Å². The van der Waals surface area contributed by atoms with E-state index in [-0.39, 0.29) is 5.76 Å². The van der Waals surface area contributed by atoms with Gasteiger partial charge in [-0.3, -0.25) is 4.79 Å². The molecule has 0 saturated heterocycles. The molecule has 0 radical (unpaired) electrons. The fourth-order valence-electron chi connectivity index (χ4n) is 2.13. The van der Waals surface area contributed by atoms with Gasteiger partial charge in [-0.2, -0.15) is 0 Å². The summed E-state index contributed by atoms with van der Waals surface area (Å²) in [5, 5.41) is 12.6. The third-order valence-electron chi connectivity index (χ3n) is 3.28. The van der Waals surface area contributed by atoms with Crippen molar-refractivity contribution in [3.05, 3.63) is 35.6 Å². The van der Waals surface area contributed by atoms with Gasteiger partial charge in [0.25, 0.3) is 5.91 Å². The summed E-state index contributed by atoms with van der Waals surface area (Å²) in [7, 11) is 0. The van der Waals surface area contributed by atoms with E-state index < -0.39 is 23.3 Å². The number of benzene rings is 1. The number of furan rings is 1. The van der Waals surface area contributed by atoms with E-state index in [4.69, 9.17) is 4.42 Å². The van der Waals surface area contributed by atoms with E-state index in [9.17, 15) is 14.7 Å². The first-order valence-corrected chi connectivity index (χ1v) is 6.72. The Labute approximate surface area is 122 Å². The predicted molar refractivity (Wildman–Crippen MR) is 79.3 cm³/mol. The summed E-state index contributed by atoms with van der Waals surface area (Å²) in [4.78, 5) is 23.5. The third-order valence-corrected chi connectivity index (χ3v) is 3.28. The van der Waals surface area contributed by atoms with Crippen molar-refractivity contribution < 1.29 is 19.1 Å². The molecule has 2 rings (SSSR count). The second-order valence-electron chi connectivity index (χ2n) is 6.26. The van der Waals surface area contributed by atoms with E-state index in [1.54, 1.807) is 32.9 Å². The molecule has 0 aliphatic carbocycles. The van der Waals surface area contributed by atoms with E-state index in [0.717, 1.165) is 10.9 Å². The molecule has 5 heteroatoms. The largest absolute Gasteiger partial charge is 0.480 e. The average molecular weight is 289 g/mol. The van der Waals surface area contributed by atoms with Gasteiger partial charge in [0.1, 0.15) is 11.6 Å². The van der Waals surface area contributed by atoms with Crippen LogP contribution in [0.4, 0.5) is 0 Å². The normalized spacial score (nSPS) is 13.1. The Morgan fingerprint density at radius 2 is 1.90 bits per heavy atom. The van der Waals surface area contributed by atoms with Crippen molar-refractivity contribution in [2.75, 3.05) is 0 Å². The minimum absolute atomic E-state index is 0.117. The van der Waals surface area contributed by atoms with E-state index in [1.807, 2.05) is 19.1 Å². The van der Waals surface area contributed by atoms with E-state index in [1.165, 1.54) is 0 Å². The molecule has 2 N–H and O–H groups in total. The number of carboxylic acid groups (broad SMARTS) is 1. The summed E-state index contributed by atoms with van der Waals surface area (Å²) >= 11 is 0. The molecule has 0 aliphatic rings. The first kappa shape index (κ1) is 15.1. The molecule has 0 bridgehead atoms. The average Bonchev–Trinajstić information content (AvgIpc) is 2.76. The molecule has 21 heavy (non-hydrogen) atoms. The summed E-state index contributed by atoms with van der Waals surface area (Å²) in [5.41, 5.74) is 1.08. The van der Waals surface area contributed by atoms with Gasteiger partial charge >= 0.3 is 5.97 Å². The zero-order valence-corrected chi connectivity index (χ0v) is 12.6. The van der Waals surface area contributed by atoms with Gasteiger partial charge in [0.2, 0.25) is 0 Å². The molecule has 0 aliphatic heterocycles. The Morgan fingerprint density at radius 3 is 2.48 bits per heavy atom. The van der Waals surface area contributed by atoms with E-state index in [0.29, 0.717) is 5.58 Å². The molecule has 0 saturated carbocycles. The summed E-state index contributed by atoms with van der Waals surface area (Å²) in [6.45, 7) is 7.22. The highest BCUT2D eigenvalue weighted by Gasteiger charge is 2.33. The number of hydrogen-bond donors (Lipinski definition) is 2. The molecule has 0 unspecified atom stereocenters. The van der Waals surface area contributed by atoms with Crippen molar-refractivity contribution in [1.29, 1.82) is 0 Å². The van der Waals surface area contributed by atoms with Gasteiger partial charge in [-0.05, 0) is 30.5 Å². The van der Waals surface area contributed by atoms with E-state index in [2.05, 4.69) is 5.32 Å². The summed E-state index contributed by atoms with van der Waals surface area (Å²) in [5.74, 6) is -1.47. The standard InChI is InChI=1S/C16H19NO4/c1-9-5-6-11-10(7-9)8-12(21-11)14(18)17-13(15(19)20)16(2,3)4/h5-8,13H,1-4H3,(H,17,18)(H,19,20)/t13-/m0/s1. The molecule has 1 atom stereocenters. The van der Waals surface area contributed by atoms with Crippen LogP contribution in [0.3, 0.4) is 0 Å². The fraction of sp³-hybridized carbons (Fsp3) is 0.375. The van der Waals surface area contributed by atoms with Crippen LogP contribution in [0.5, 0.6) is 0 Å². The molecule has 1 heterocycles. The topological polar surface area (TPSA) is 79.5 Å². The van der Waals surface area contributed by atoms with Crippen LogP contribution >= 0.6 is 0 Å². The highest BCUT2D eigenvalue weighted by molar-refractivity contribution is 5.98. The smallest absolute Gasteiger partial charge is 0.326 e. The van der Waals surface area contributed by atoms with Crippen molar-refractivity contribution in [2.45, 2.75) is 33.7 Å². The van der Waals surface area contributed by atoms with Crippen LogP contribution < -0.4 is 5.32 Å². The Hall–Kier alpha value is -2.30. The van der Waals surface area contributed by atoms with Gasteiger partial charge in [0.05, 0.1) is 0 Å². The summed E-state index contributed by atoms with van der Waals surface area (Å²) in [6.07, 6.45) is 0. The number of nitrogens with one attached hydrogen (secondary N) is 1. The third kappa shape index (κ3) is 3.24. The number of carbonyl (C=O) groups is 2. The maximum atomic E-state index is 12.2. The van der Waals surface area contributed by atoms with Crippen molar-refractivity contribution >= 4 is 22.8 Å². The SMILES string of the molecule is Cc1ccc2oc(C(=O)N[C@@H](C(=O)O)C(C)(C)C)cc2c1. The van der Waals surface area contributed by atoms with Gasteiger partial charge in [-0.25, -0.2) is 4.79 Å². The molecular formula is C16H19NO4. The lowest BCUT2D eigenvalue weighted by atomic mass is 9.87. The molecule has 0 spiro atoms. The highest BCUT2D eigenvalue weighted by atomic mass is 16.4. The maximum absolute atomic E-state index is 12.2. The molecule has 112 valence electrons. The van der Waals surface area contributed by atoms with Gasteiger partial charge in [0.15, 0.2) is 5.76 Å². The highest BCUT2D eigenvalue weighted by Crippen LogP contribution is 2.23. The van der Waals surface area contributed by atoms with Crippen molar-refractivity contribution in [3.8, 4) is 0 Å². The zero-order chi connectivity index (χ0) is 15.8. The summed E-state index contributed by atoms with van der Waals surface area (Å²) < 4.78 is 5.47. The lowest BCUT2D eigenvalue weighted by Gasteiger charge is -2.27. The van der Waals surface area contributed by atoms with Crippen molar-refractivity contribution in [2.24, 2.45) is 5.41 Å². The first-order valence-electron chi connectivity index (χ1n) is 6.72. The number of aryl methyl sites for hydroxylation is 1. The fourth-order valence-corrected chi connectivity index (χ4v) is 2.13. The van der Waals surface area contributed by atoms with Crippen molar-refractivity contribution in [3.63, 3.8) is 0 Å². The second-order valence-corrected chi connectivity index (χ2v) is 6.26. The number of carboxylic acids is 1. The predicted octanol–water partition coefficient (Wildman–Crippen LogP) is 2.97. The minimum Gasteiger partial charge on any atom is -0.480 e. The van der Waals surface area contributed by atoms with E-state index >= 15 is 0 Å². The second kappa shape index (κ2) is 5.24. The zero-order valence-electron chi connectivity index (χ0n) is 12.6. The van der Waals surface area contributed by atoms with Crippen LogP contribution in [0, 0.1) is 12.3 Å². The molecule has 1 aromatic carbocycles. The van der Waals surface area contributed by atoms with Crippen LogP contribution in [0.25, 0.3) is 11.0 Å². The van der Waals surface area contributed by atoms with Crippen LogP contribution in [-0.4, -0.2) is 23.0 Å². The van der Waals surface area contributed by atoms with Gasteiger partial charge < -0.3 is 14.8 Å². The molecule has 0 fully saturated rings. The number of fused-ring (bicyclic) bond motifs is 1. The first-order chi connectivity index (χ1) is 9.68. The molecule has 1 amide bonds. The number of aliphatic carboxylic acids is 1. The lowest BCUT2D eigenvalue weighted by Crippen LogP contribution is -2.49. The van der Waals surface area contributed by atoms with Crippen LogP contribution in [0.1, 0.15) is 36.9 Å². The van der Waals surface area contributed by atoms with Crippen LogP contribution in [0.2, 0.25) is 0 Å². The summed E-state index contributed by atoms with van der Waals surface area (Å²) in [6, 6.07) is 6.23. The Bertz CT molecular complexity index is 694. The Kier molecular flexibility index (Phi) is 3.77. The monoisotopic (exact) mass is 289 g/mol. The lowest BCUT2D eigenvalue weighted by molar-refractivity contribution is -0.142.